The summed E-state index contributed by atoms with van der Waals surface area (Å²) in [4.78, 5) is 3.41. The highest BCUT2D eigenvalue weighted by molar-refractivity contribution is 7.89. The number of nitrogens with zero attached hydrogens (tertiary/aromatic N) is 1. The van der Waals surface area contributed by atoms with Gasteiger partial charge in [-0.15, -0.1) is 0 Å². The molecule has 3 rings (SSSR count). The van der Waals surface area contributed by atoms with Gasteiger partial charge in [0, 0.05) is 12.7 Å². The van der Waals surface area contributed by atoms with Crippen molar-refractivity contribution in [1.82, 2.24) is 9.29 Å². The van der Waals surface area contributed by atoms with Crippen LogP contribution in [0.1, 0.15) is 35.6 Å². The van der Waals surface area contributed by atoms with Crippen molar-refractivity contribution < 1.29 is 8.42 Å². The average Bonchev–Trinajstić information content (AvgIpc) is 3.01. The molecule has 0 spiro atoms. The van der Waals surface area contributed by atoms with Crippen molar-refractivity contribution in [3.8, 4) is 0 Å². The van der Waals surface area contributed by atoms with E-state index >= 15 is 0 Å². The lowest BCUT2D eigenvalue weighted by molar-refractivity contribution is 0.396. The second kappa shape index (κ2) is 6.19. The quantitative estimate of drug-likeness (QED) is 0.856. The molecule has 0 saturated carbocycles. The van der Waals surface area contributed by atoms with Crippen molar-refractivity contribution in [3.05, 3.63) is 57.9 Å². The normalized spacial score (nSPS) is 19.1. The molecule has 1 aromatic heterocycles. The summed E-state index contributed by atoms with van der Waals surface area (Å²) in [5, 5.41) is 0. The zero-order chi connectivity index (χ0) is 16.6. The fourth-order valence-corrected chi connectivity index (χ4v) is 4.82. The number of aromatic amines is 1. The number of hydrogen-bond donors (Lipinski definition) is 1. The molecule has 2 heterocycles. The Hall–Kier alpha value is -1.50. The Labute approximate surface area is 142 Å². The maximum absolute atomic E-state index is 13.0. The highest BCUT2D eigenvalue weighted by Gasteiger charge is 2.36. The van der Waals surface area contributed by atoms with Crippen LogP contribution in [0.5, 0.6) is 0 Å². The molecule has 1 saturated heterocycles. The third kappa shape index (κ3) is 3.11. The number of sulfonamides is 1. The Morgan fingerprint density at radius 3 is 2.57 bits per heavy atom. The molecule has 1 aliphatic rings. The fraction of sp³-hybridized carbons (Fsp3) is 0.353. The van der Waals surface area contributed by atoms with Crippen LogP contribution in [-0.2, 0) is 10.0 Å². The van der Waals surface area contributed by atoms with Crippen LogP contribution >= 0.6 is 12.2 Å². The van der Waals surface area contributed by atoms with Crippen molar-refractivity contribution >= 4 is 22.2 Å². The fourth-order valence-electron chi connectivity index (χ4n) is 3.02. The van der Waals surface area contributed by atoms with E-state index in [2.05, 4.69) is 4.98 Å². The highest BCUT2D eigenvalue weighted by Crippen LogP contribution is 2.36. The number of H-pyrrole nitrogens is 1. The van der Waals surface area contributed by atoms with E-state index < -0.39 is 10.0 Å². The van der Waals surface area contributed by atoms with Gasteiger partial charge in [-0.05, 0) is 49.9 Å². The lowest BCUT2D eigenvalue weighted by Crippen LogP contribution is -2.30. The molecular weight excluding hydrogens is 328 g/mol. The SMILES string of the molecule is Cc1ccc(S(=O)(=O)N2CCC[C@@H]2c2c[nH]c(=S)c(C)c2)cc1. The lowest BCUT2D eigenvalue weighted by atomic mass is 10.1. The van der Waals surface area contributed by atoms with Crippen molar-refractivity contribution in [2.24, 2.45) is 0 Å². The number of benzene rings is 1. The maximum atomic E-state index is 13.0. The van der Waals surface area contributed by atoms with Crippen LogP contribution in [-0.4, -0.2) is 24.3 Å². The molecule has 0 radical (unpaired) electrons. The monoisotopic (exact) mass is 348 g/mol. The third-order valence-corrected chi connectivity index (χ3v) is 6.69. The van der Waals surface area contributed by atoms with Gasteiger partial charge >= 0.3 is 0 Å². The first kappa shape index (κ1) is 16.4. The number of nitrogens with one attached hydrogen (secondary N) is 1. The van der Waals surface area contributed by atoms with Gasteiger partial charge in [-0.25, -0.2) is 8.42 Å². The summed E-state index contributed by atoms with van der Waals surface area (Å²) in [6.45, 7) is 4.44. The molecule has 1 N–H and O–H groups in total. The second-order valence-electron chi connectivity index (χ2n) is 6.03. The van der Waals surface area contributed by atoms with E-state index in [0.29, 0.717) is 16.1 Å². The molecule has 1 fully saturated rings. The zero-order valence-corrected chi connectivity index (χ0v) is 14.9. The van der Waals surface area contributed by atoms with Gasteiger partial charge in [-0.2, -0.15) is 4.31 Å². The molecule has 122 valence electrons. The summed E-state index contributed by atoms with van der Waals surface area (Å²) in [6, 6.07) is 8.90. The van der Waals surface area contributed by atoms with Gasteiger partial charge in [-0.1, -0.05) is 36.0 Å². The number of hydrogen-bond acceptors (Lipinski definition) is 3. The number of pyridine rings is 1. The van der Waals surface area contributed by atoms with E-state index in [4.69, 9.17) is 12.2 Å². The van der Waals surface area contributed by atoms with Crippen LogP contribution in [0.25, 0.3) is 0 Å². The zero-order valence-electron chi connectivity index (χ0n) is 13.2. The molecule has 0 amide bonds. The summed E-state index contributed by atoms with van der Waals surface area (Å²) >= 11 is 5.19. The molecule has 6 heteroatoms. The molecule has 0 aliphatic carbocycles. The van der Waals surface area contributed by atoms with Gasteiger partial charge in [0.15, 0.2) is 0 Å². The van der Waals surface area contributed by atoms with Crippen molar-refractivity contribution in [2.45, 2.75) is 37.6 Å². The molecule has 0 bridgehead atoms. The van der Waals surface area contributed by atoms with E-state index in [1.54, 1.807) is 16.4 Å². The first-order chi connectivity index (χ1) is 10.9. The molecule has 0 unspecified atom stereocenters. The van der Waals surface area contributed by atoms with E-state index in [0.717, 1.165) is 29.5 Å². The lowest BCUT2D eigenvalue weighted by Gasteiger charge is -2.24. The molecule has 1 atom stereocenters. The smallest absolute Gasteiger partial charge is 0.243 e. The van der Waals surface area contributed by atoms with Gasteiger partial charge in [0.05, 0.1) is 10.9 Å². The Balaban J connectivity index is 1.99. The van der Waals surface area contributed by atoms with Gasteiger partial charge < -0.3 is 4.98 Å². The van der Waals surface area contributed by atoms with Crippen LogP contribution in [0.2, 0.25) is 0 Å². The minimum absolute atomic E-state index is 0.133. The van der Waals surface area contributed by atoms with Crippen molar-refractivity contribution in [3.63, 3.8) is 0 Å². The summed E-state index contributed by atoms with van der Waals surface area (Å²) in [7, 11) is -3.48. The van der Waals surface area contributed by atoms with E-state index in [1.165, 1.54) is 0 Å². The van der Waals surface area contributed by atoms with Crippen LogP contribution in [0, 0.1) is 18.5 Å². The molecule has 1 aliphatic heterocycles. The Morgan fingerprint density at radius 2 is 1.91 bits per heavy atom. The van der Waals surface area contributed by atoms with Crippen LogP contribution < -0.4 is 0 Å². The first-order valence-electron chi connectivity index (χ1n) is 7.67. The van der Waals surface area contributed by atoms with Crippen LogP contribution in [0.4, 0.5) is 0 Å². The van der Waals surface area contributed by atoms with Crippen LogP contribution in [0.3, 0.4) is 0 Å². The topological polar surface area (TPSA) is 53.2 Å². The number of aromatic nitrogens is 1. The molecule has 4 nitrogen and oxygen atoms in total. The summed E-state index contributed by atoms with van der Waals surface area (Å²) in [5.74, 6) is 0. The number of aryl methyl sites for hydroxylation is 2. The second-order valence-corrected chi connectivity index (χ2v) is 8.33. The van der Waals surface area contributed by atoms with Crippen molar-refractivity contribution in [1.29, 1.82) is 0 Å². The number of rotatable bonds is 3. The molecule has 1 aromatic carbocycles. The predicted octanol–water partition coefficient (Wildman–Crippen LogP) is 3.89. The van der Waals surface area contributed by atoms with Gasteiger partial charge in [-0.3, -0.25) is 0 Å². The Morgan fingerprint density at radius 1 is 1.22 bits per heavy atom. The molecule has 2 aromatic rings. The minimum atomic E-state index is -3.48. The largest absolute Gasteiger partial charge is 0.352 e. The van der Waals surface area contributed by atoms with Gasteiger partial charge in [0.25, 0.3) is 0 Å². The third-order valence-electron chi connectivity index (χ3n) is 4.33. The van der Waals surface area contributed by atoms with Gasteiger partial charge in [0.2, 0.25) is 10.0 Å². The summed E-state index contributed by atoms with van der Waals surface area (Å²) in [6.07, 6.45) is 3.53. The molecular formula is C17H20N2O2S2. The highest BCUT2D eigenvalue weighted by atomic mass is 32.2. The average molecular weight is 348 g/mol. The predicted molar refractivity (Wildman–Crippen MR) is 93.4 cm³/mol. The van der Waals surface area contributed by atoms with E-state index in [9.17, 15) is 8.42 Å². The van der Waals surface area contributed by atoms with Crippen molar-refractivity contribution in [2.75, 3.05) is 6.54 Å². The minimum Gasteiger partial charge on any atom is -0.352 e. The standard InChI is InChI=1S/C17H20N2O2S2/c1-12-5-7-15(8-6-12)23(20,21)19-9-3-4-16(19)14-10-13(2)17(22)18-11-14/h5-8,10-11,16H,3-4,9H2,1-2H3,(H,18,22)/t16-/m1/s1. The van der Waals surface area contributed by atoms with E-state index in [1.807, 2.05) is 38.2 Å². The van der Waals surface area contributed by atoms with E-state index in [-0.39, 0.29) is 6.04 Å². The summed E-state index contributed by atoms with van der Waals surface area (Å²) in [5.41, 5.74) is 2.99. The Kier molecular flexibility index (Phi) is 4.40. The molecule has 23 heavy (non-hydrogen) atoms. The summed E-state index contributed by atoms with van der Waals surface area (Å²) < 4.78 is 28.3. The first-order valence-corrected chi connectivity index (χ1v) is 9.52. The maximum Gasteiger partial charge on any atom is 0.243 e. The van der Waals surface area contributed by atoms with Gasteiger partial charge in [0.1, 0.15) is 4.64 Å². The van der Waals surface area contributed by atoms with Crippen LogP contribution in [0.15, 0.2) is 41.4 Å². The Bertz CT molecular complexity index is 870.